The molecule has 1 aromatic heterocycles. The maximum absolute atomic E-state index is 13.0. The lowest BCUT2D eigenvalue weighted by Gasteiger charge is -2.39. The second-order valence-corrected chi connectivity index (χ2v) is 6.80. The molecule has 2 amide bonds. The predicted octanol–water partition coefficient (Wildman–Crippen LogP) is 1.57. The van der Waals surface area contributed by atoms with Crippen molar-refractivity contribution < 1.29 is 9.59 Å². The van der Waals surface area contributed by atoms with Crippen LogP contribution in [-0.2, 0) is 15.1 Å². The number of rotatable bonds is 4. The maximum Gasteiger partial charge on any atom is 0.254 e. The van der Waals surface area contributed by atoms with Gasteiger partial charge >= 0.3 is 0 Å². The third-order valence-corrected chi connectivity index (χ3v) is 5.12. The number of amides is 2. The van der Waals surface area contributed by atoms with Crippen molar-refractivity contribution in [3.8, 4) is 0 Å². The zero-order valence-corrected chi connectivity index (χ0v) is 13.9. The highest BCUT2D eigenvalue weighted by Gasteiger charge is 2.53. The van der Waals surface area contributed by atoms with E-state index in [1.165, 1.54) is 6.42 Å². The summed E-state index contributed by atoms with van der Waals surface area (Å²) in [5.41, 5.74) is -0.406. The molecule has 1 atom stereocenters. The van der Waals surface area contributed by atoms with Crippen LogP contribution in [0.1, 0.15) is 44.2 Å². The monoisotopic (exact) mass is 316 g/mol. The summed E-state index contributed by atoms with van der Waals surface area (Å²) < 4.78 is 0. The number of aromatic nitrogens is 2. The van der Waals surface area contributed by atoms with Gasteiger partial charge in [0.1, 0.15) is 0 Å². The van der Waals surface area contributed by atoms with Crippen molar-refractivity contribution in [1.82, 2.24) is 19.8 Å². The number of hydrogen-bond acceptors (Lipinski definition) is 4. The fourth-order valence-corrected chi connectivity index (χ4v) is 3.69. The molecule has 2 heterocycles. The lowest BCUT2D eigenvalue weighted by Crippen LogP contribution is -2.55. The van der Waals surface area contributed by atoms with E-state index >= 15 is 0 Å². The SMILES string of the molecule is CN(C)C(=O)[C@]1(c2cnccn2)CCCN1C(=O)CC1CCC1. The van der Waals surface area contributed by atoms with Gasteiger partial charge in [-0.05, 0) is 31.6 Å². The molecule has 6 nitrogen and oxygen atoms in total. The van der Waals surface area contributed by atoms with Crippen molar-refractivity contribution in [2.24, 2.45) is 5.92 Å². The Morgan fingerprint density at radius 1 is 1.30 bits per heavy atom. The Hall–Kier alpha value is -1.98. The van der Waals surface area contributed by atoms with Gasteiger partial charge in [-0.15, -0.1) is 0 Å². The van der Waals surface area contributed by atoms with Crippen molar-refractivity contribution in [2.45, 2.75) is 44.1 Å². The minimum atomic E-state index is -0.988. The van der Waals surface area contributed by atoms with Crippen LogP contribution < -0.4 is 0 Å². The van der Waals surface area contributed by atoms with Gasteiger partial charge in [0.25, 0.3) is 5.91 Å². The van der Waals surface area contributed by atoms with E-state index in [4.69, 9.17) is 0 Å². The molecule has 0 bridgehead atoms. The first-order chi connectivity index (χ1) is 11.1. The highest BCUT2D eigenvalue weighted by molar-refractivity contribution is 5.92. The molecule has 1 aliphatic heterocycles. The standard InChI is InChI=1S/C17H24N4O2/c1-20(2)16(23)17(14-12-18-8-9-19-14)7-4-10-21(17)15(22)11-13-5-3-6-13/h8-9,12-13H,3-7,10-11H2,1-2H3/t17-/m1/s1. The van der Waals surface area contributed by atoms with E-state index in [2.05, 4.69) is 9.97 Å². The van der Waals surface area contributed by atoms with Crippen molar-refractivity contribution in [1.29, 1.82) is 0 Å². The van der Waals surface area contributed by atoms with Crippen LogP contribution in [0.15, 0.2) is 18.6 Å². The number of nitrogens with zero attached hydrogens (tertiary/aromatic N) is 4. The van der Waals surface area contributed by atoms with Crippen molar-refractivity contribution in [3.05, 3.63) is 24.3 Å². The summed E-state index contributed by atoms with van der Waals surface area (Å²) in [7, 11) is 3.46. The van der Waals surface area contributed by atoms with Gasteiger partial charge in [-0.25, -0.2) is 0 Å². The van der Waals surface area contributed by atoms with Gasteiger partial charge in [0.05, 0.1) is 11.9 Å². The highest BCUT2D eigenvalue weighted by atomic mass is 16.2. The van der Waals surface area contributed by atoms with Gasteiger partial charge in [-0.2, -0.15) is 0 Å². The summed E-state index contributed by atoms with van der Waals surface area (Å²) in [6, 6.07) is 0. The third-order valence-electron chi connectivity index (χ3n) is 5.12. The summed E-state index contributed by atoms with van der Waals surface area (Å²) in [6.07, 6.45) is 10.2. The largest absolute Gasteiger partial charge is 0.346 e. The van der Waals surface area contributed by atoms with Crippen LogP contribution in [0.2, 0.25) is 0 Å². The van der Waals surface area contributed by atoms with Crippen LogP contribution >= 0.6 is 0 Å². The minimum absolute atomic E-state index is 0.0769. The molecule has 2 fully saturated rings. The molecule has 0 unspecified atom stereocenters. The first-order valence-corrected chi connectivity index (χ1v) is 8.34. The zero-order chi connectivity index (χ0) is 16.4. The molecule has 0 spiro atoms. The predicted molar refractivity (Wildman–Crippen MR) is 85.3 cm³/mol. The summed E-state index contributed by atoms with van der Waals surface area (Å²) in [5.74, 6) is 0.475. The molecule has 2 aliphatic rings. The molecule has 3 rings (SSSR count). The molecule has 0 N–H and O–H groups in total. The van der Waals surface area contributed by atoms with Gasteiger partial charge in [0.2, 0.25) is 5.91 Å². The van der Waals surface area contributed by atoms with Gasteiger partial charge < -0.3 is 9.80 Å². The molecule has 0 aromatic carbocycles. The normalized spacial score (nSPS) is 24.3. The van der Waals surface area contributed by atoms with Crippen LogP contribution in [0.3, 0.4) is 0 Å². The lowest BCUT2D eigenvalue weighted by molar-refractivity contribution is -0.151. The first kappa shape index (κ1) is 15.9. The van der Waals surface area contributed by atoms with Crippen molar-refractivity contribution in [2.75, 3.05) is 20.6 Å². The fourth-order valence-electron chi connectivity index (χ4n) is 3.69. The summed E-state index contributed by atoms with van der Waals surface area (Å²) in [4.78, 5) is 37.7. The maximum atomic E-state index is 13.0. The number of hydrogen-bond donors (Lipinski definition) is 0. The summed E-state index contributed by atoms with van der Waals surface area (Å²) in [5, 5.41) is 0. The first-order valence-electron chi connectivity index (χ1n) is 8.34. The highest BCUT2D eigenvalue weighted by Crippen LogP contribution is 2.41. The number of carbonyl (C=O) groups is 2. The lowest BCUT2D eigenvalue weighted by atomic mass is 9.82. The van der Waals surface area contributed by atoms with Crippen LogP contribution in [0.4, 0.5) is 0 Å². The molecule has 1 aliphatic carbocycles. The molecule has 23 heavy (non-hydrogen) atoms. The van der Waals surface area contributed by atoms with Crippen LogP contribution in [0.25, 0.3) is 0 Å². The zero-order valence-electron chi connectivity index (χ0n) is 13.9. The van der Waals surface area contributed by atoms with Gasteiger partial charge in [0.15, 0.2) is 5.54 Å². The topological polar surface area (TPSA) is 66.4 Å². The Kier molecular flexibility index (Phi) is 4.33. The Labute approximate surface area is 136 Å². The third kappa shape index (κ3) is 2.71. The second kappa shape index (κ2) is 6.26. The van der Waals surface area contributed by atoms with Crippen LogP contribution in [-0.4, -0.2) is 52.2 Å². The molecule has 6 heteroatoms. The molecule has 124 valence electrons. The molecule has 1 saturated carbocycles. The average Bonchev–Trinajstić information content (AvgIpc) is 2.96. The van der Waals surface area contributed by atoms with E-state index in [9.17, 15) is 9.59 Å². The molecular formula is C17H24N4O2. The Morgan fingerprint density at radius 2 is 2.09 bits per heavy atom. The number of carbonyl (C=O) groups excluding carboxylic acids is 2. The second-order valence-electron chi connectivity index (χ2n) is 6.80. The molecule has 1 aromatic rings. The van der Waals surface area contributed by atoms with Crippen LogP contribution in [0.5, 0.6) is 0 Å². The summed E-state index contributed by atoms with van der Waals surface area (Å²) >= 11 is 0. The van der Waals surface area contributed by atoms with Crippen molar-refractivity contribution >= 4 is 11.8 Å². The van der Waals surface area contributed by atoms with E-state index in [-0.39, 0.29) is 11.8 Å². The fraction of sp³-hybridized carbons (Fsp3) is 0.647. The van der Waals surface area contributed by atoms with E-state index in [0.717, 1.165) is 19.3 Å². The Bertz CT molecular complexity index is 586. The van der Waals surface area contributed by atoms with Gasteiger partial charge in [-0.3, -0.25) is 19.6 Å². The van der Waals surface area contributed by atoms with E-state index < -0.39 is 5.54 Å². The van der Waals surface area contributed by atoms with Crippen LogP contribution in [0, 0.1) is 5.92 Å². The summed E-state index contributed by atoms with van der Waals surface area (Å²) in [6.45, 7) is 0.613. The van der Waals surface area contributed by atoms with E-state index in [1.807, 2.05) is 0 Å². The number of likely N-dealkylation sites (tertiary alicyclic amines) is 1. The van der Waals surface area contributed by atoms with Gasteiger partial charge in [0, 0.05) is 39.5 Å². The quantitative estimate of drug-likeness (QED) is 0.846. The number of likely N-dealkylation sites (N-methyl/N-ethyl adjacent to an activating group) is 1. The molecular weight excluding hydrogens is 292 g/mol. The van der Waals surface area contributed by atoms with Crippen molar-refractivity contribution in [3.63, 3.8) is 0 Å². The minimum Gasteiger partial charge on any atom is -0.346 e. The Morgan fingerprint density at radius 3 is 2.65 bits per heavy atom. The molecule has 0 radical (unpaired) electrons. The Balaban J connectivity index is 1.96. The molecule has 1 saturated heterocycles. The smallest absolute Gasteiger partial charge is 0.254 e. The van der Waals surface area contributed by atoms with E-state index in [1.54, 1.807) is 42.5 Å². The van der Waals surface area contributed by atoms with Gasteiger partial charge in [-0.1, -0.05) is 6.42 Å². The van der Waals surface area contributed by atoms with E-state index in [0.29, 0.717) is 31.0 Å². The average molecular weight is 316 g/mol.